The highest BCUT2D eigenvalue weighted by Gasteiger charge is 2.19. The first-order chi connectivity index (χ1) is 15.1. The van der Waals surface area contributed by atoms with Crippen LogP contribution in [0.5, 0.6) is 0 Å². The normalized spacial score (nSPS) is 12.3. The summed E-state index contributed by atoms with van der Waals surface area (Å²) in [5.74, 6) is 2.66. The topological polar surface area (TPSA) is 97.2 Å². The molecule has 1 aliphatic carbocycles. The first-order valence-corrected chi connectivity index (χ1v) is 10.9. The maximum absolute atomic E-state index is 9.57. The van der Waals surface area contributed by atoms with Crippen LogP contribution in [0.1, 0.15) is 18.4 Å². The molecule has 166 valence electrons. The number of aromatic nitrogens is 4. The predicted octanol–water partition coefficient (Wildman–Crippen LogP) is 4.03. The van der Waals surface area contributed by atoms with E-state index in [1.165, 1.54) is 5.56 Å². The number of methoxy groups -OCH3 is 1. The fraction of sp³-hybridized carbons (Fsp3) is 0.364. The highest BCUT2D eigenvalue weighted by molar-refractivity contribution is 7.99. The molecule has 0 atom stereocenters. The molecule has 0 radical (unpaired) electrons. The first kappa shape index (κ1) is 24.5. The number of carbonyl (C=O) groups excluding carboxylic acids is 1. The van der Waals surface area contributed by atoms with Crippen LogP contribution in [0, 0.1) is 12.8 Å². The monoisotopic (exact) mass is 442 g/mol. The summed E-state index contributed by atoms with van der Waals surface area (Å²) in [5.41, 5.74) is 3.32. The number of thioether (sulfide) groups is 1. The second-order valence-corrected chi connectivity index (χ2v) is 7.86. The van der Waals surface area contributed by atoms with Crippen LogP contribution in [0.2, 0.25) is 0 Å². The SMILES string of the molecule is C=Nc1[nH]nc(-n2cncc2-c2ccccc2C)c1SCNC.COC.O=CC1CC1. The van der Waals surface area contributed by atoms with E-state index in [0.717, 1.165) is 47.0 Å². The van der Waals surface area contributed by atoms with E-state index in [1.807, 2.05) is 29.9 Å². The molecule has 2 N–H and O–H groups in total. The summed E-state index contributed by atoms with van der Waals surface area (Å²) in [6, 6.07) is 8.23. The number of H-pyrrole nitrogens is 1. The first-order valence-electron chi connectivity index (χ1n) is 9.87. The molecule has 0 amide bonds. The molecule has 0 spiro atoms. The Morgan fingerprint density at radius 1 is 1.39 bits per heavy atom. The van der Waals surface area contributed by atoms with Crippen molar-refractivity contribution in [3.63, 3.8) is 0 Å². The summed E-state index contributed by atoms with van der Waals surface area (Å²) in [6.07, 6.45) is 6.94. The van der Waals surface area contributed by atoms with Gasteiger partial charge in [-0.05, 0) is 39.1 Å². The zero-order valence-electron chi connectivity index (χ0n) is 18.5. The van der Waals surface area contributed by atoms with Gasteiger partial charge in [0.05, 0.1) is 16.8 Å². The van der Waals surface area contributed by atoms with Gasteiger partial charge >= 0.3 is 0 Å². The van der Waals surface area contributed by atoms with E-state index in [0.29, 0.717) is 11.7 Å². The van der Waals surface area contributed by atoms with E-state index in [9.17, 15) is 4.79 Å². The van der Waals surface area contributed by atoms with E-state index >= 15 is 0 Å². The minimum absolute atomic E-state index is 0.454. The number of ether oxygens (including phenoxy) is 1. The molecule has 1 saturated carbocycles. The van der Waals surface area contributed by atoms with Gasteiger partial charge in [0.1, 0.15) is 12.6 Å². The Morgan fingerprint density at radius 2 is 2.10 bits per heavy atom. The van der Waals surface area contributed by atoms with E-state index in [4.69, 9.17) is 0 Å². The molecule has 1 aromatic carbocycles. The minimum atomic E-state index is 0.454. The van der Waals surface area contributed by atoms with Crippen molar-refractivity contribution in [1.82, 2.24) is 25.1 Å². The van der Waals surface area contributed by atoms with Gasteiger partial charge < -0.3 is 14.8 Å². The molecule has 8 nitrogen and oxygen atoms in total. The molecule has 1 aliphatic rings. The van der Waals surface area contributed by atoms with Gasteiger partial charge in [-0.15, -0.1) is 11.8 Å². The Labute approximate surface area is 187 Å². The Bertz CT molecular complexity index is 965. The Kier molecular flexibility index (Phi) is 10.2. The van der Waals surface area contributed by atoms with Crippen LogP contribution < -0.4 is 5.32 Å². The average molecular weight is 443 g/mol. The summed E-state index contributed by atoms with van der Waals surface area (Å²) >= 11 is 1.62. The maximum Gasteiger partial charge on any atom is 0.176 e. The van der Waals surface area contributed by atoms with Crippen LogP contribution in [0.25, 0.3) is 17.1 Å². The summed E-state index contributed by atoms with van der Waals surface area (Å²) in [4.78, 5) is 18.8. The van der Waals surface area contributed by atoms with Crippen molar-refractivity contribution in [1.29, 1.82) is 0 Å². The van der Waals surface area contributed by atoms with Crippen LogP contribution in [-0.4, -0.2) is 59.9 Å². The fourth-order valence-electron chi connectivity index (χ4n) is 2.62. The van der Waals surface area contributed by atoms with Crippen molar-refractivity contribution in [3.05, 3.63) is 42.4 Å². The fourth-order valence-corrected chi connectivity index (χ4v) is 3.43. The quantitative estimate of drug-likeness (QED) is 0.248. The largest absolute Gasteiger partial charge is 0.388 e. The van der Waals surface area contributed by atoms with Crippen molar-refractivity contribution < 1.29 is 9.53 Å². The van der Waals surface area contributed by atoms with Gasteiger partial charge in [0.2, 0.25) is 0 Å². The number of nitrogens with one attached hydrogen (secondary N) is 2. The zero-order chi connectivity index (χ0) is 22.6. The summed E-state index contributed by atoms with van der Waals surface area (Å²) in [5, 5.41) is 10.5. The number of carbonyl (C=O) groups is 1. The number of imidazole rings is 1. The van der Waals surface area contributed by atoms with E-state index in [2.05, 4.69) is 56.0 Å². The Balaban J connectivity index is 0.000000361. The zero-order valence-corrected chi connectivity index (χ0v) is 19.3. The number of rotatable bonds is 7. The number of hydrogen-bond acceptors (Lipinski definition) is 7. The van der Waals surface area contributed by atoms with Crippen LogP contribution >= 0.6 is 11.8 Å². The van der Waals surface area contributed by atoms with Gasteiger partial charge in [-0.25, -0.2) is 9.98 Å². The van der Waals surface area contributed by atoms with Gasteiger partial charge in [-0.1, -0.05) is 24.3 Å². The Morgan fingerprint density at radius 3 is 2.65 bits per heavy atom. The number of benzene rings is 1. The second kappa shape index (κ2) is 12.8. The van der Waals surface area contributed by atoms with Gasteiger partial charge in [0.25, 0.3) is 0 Å². The van der Waals surface area contributed by atoms with Gasteiger partial charge in [0, 0.05) is 31.6 Å². The van der Waals surface area contributed by atoms with Gasteiger partial charge in [-0.3, -0.25) is 9.67 Å². The van der Waals surface area contributed by atoms with Crippen molar-refractivity contribution >= 4 is 30.6 Å². The molecule has 31 heavy (non-hydrogen) atoms. The lowest BCUT2D eigenvalue weighted by Gasteiger charge is -2.10. The lowest BCUT2D eigenvalue weighted by atomic mass is 10.1. The number of nitrogens with zero attached hydrogens (tertiary/aromatic N) is 4. The third-order valence-corrected chi connectivity index (χ3v) is 5.40. The molecule has 0 unspecified atom stereocenters. The molecule has 3 aromatic rings. The number of aromatic amines is 1. The third-order valence-electron chi connectivity index (χ3n) is 4.31. The summed E-state index contributed by atoms with van der Waals surface area (Å²) in [6.45, 7) is 5.70. The number of aliphatic imine (C=N–C) groups is 1. The van der Waals surface area contributed by atoms with Crippen molar-refractivity contribution in [3.8, 4) is 17.1 Å². The summed E-state index contributed by atoms with van der Waals surface area (Å²) in [7, 11) is 5.16. The molecule has 9 heteroatoms. The highest BCUT2D eigenvalue weighted by Crippen LogP contribution is 2.35. The van der Waals surface area contributed by atoms with E-state index in [1.54, 1.807) is 32.3 Å². The molecule has 0 bridgehead atoms. The average Bonchev–Trinajstić information content (AvgIpc) is 3.36. The lowest BCUT2D eigenvalue weighted by molar-refractivity contribution is -0.108. The predicted molar refractivity (Wildman–Crippen MR) is 127 cm³/mol. The maximum atomic E-state index is 9.57. The smallest absolute Gasteiger partial charge is 0.176 e. The molecule has 0 saturated heterocycles. The molecular weight excluding hydrogens is 412 g/mol. The summed E-state index contributed by atoms with van der Waals surface area (Å²) < 4.78 is 6.23. The molecular formula is C22H30N6O2S. The highest BCUT2D eigenvalue weighted by atomic mass is 32.2. The minimum Gasteiger partial charge on any atom is -0.388 e. The Hall–Kier alpha value is -2.75. The van der Waals surface area contributed by atoms with Crippen LogP contribution in [0.3, 0.4) is 0 Å². The second-order valence-electron chi connectivity index (χ2n) is 6.87. The van der Waals surface area contributed by atoms with Gasteiger partial charge in [-0.2, -0.15) is 5.10 Å². The molecule has 2 heterocycles. The van der Waals surface area contributed by atoms with Crippen LogP contribution in [-0.2, 0) is 9.53 Å². The van der Waals surface area contributed by atoms with Crippen molar-refractivity contribution in [2.75, 3.05) is 27.1 Å². The van der Waals surface area contributed by atoms with E-state index < -0.39 is 0 Å². The van der Waals surface area contributed by atoms with Crippen molar-refractivity contribution in [2.24, 2.45) is 10.9 Å². The van der Waals surface area contributed by atoms with Crippen LogP contribution in [0.4, 0.5) is 5.82 Å². The van der Waals surface area contributed by atoms with Crippen LogP contribution in [0.15, 0.2) is 46.7 Å². The van der Waals surface area contributed by atoms with Gasteiger partial charge in [0.15, 0.2) is 11.6 Å². The number of hydrogen-bond donors (Lipinski definition) is 2. The standard InChI is InChI=1S/C16H18N6S.C4H6O.C2H6O/c1-11-6-4-5-7-12(11)13-8-19-9-22(13)16-14(23-10-17-2)15(18-3)20-21-16;5-3-4-1-2-4;1-3-2/h4-9,17H,3,10H2,1-2H3,(H,20,21);3-4H,1-2H2;1-2H3. The molecule has 4 rings (SSSR count). The number of aryl methyl sites for hydroxylation is 1. The third kappa shape index (κ3) is 6.88. The molecule has 1 fully saturated rings. The van der Waals surface area contributed by atoms with E-state index in [-0.39, 0.29) is 0 Å². The molecule has 0 aliphatic heterocycles. The molecule has 2 aromatic heterocycles. The van der Waals surface area contributed by atoms with Crippen molar-refractivity contribution in [2.45, 2.75) is 24.7 Å². The number of aldehydes is 1. The lowest BCUT2D eigenvalue weighted by Crippen LogP contribution is -2.04.